The molecule has 2 nitrogen and oxygen atoms in total. The smallest absolute Gasteiger partial charge is 0.0346 e. The second-order valence-corrected chi connectivity index (χ2v) is 5.36. The first-order valence-electron chi connectivity index (χ1n) is 6.44. The van der Waals surface area contributed by atoms with Gasteiger partial charge in [-0.1, -0.05) is 19.1 Å². The van der Waals surface area contributed by atoms with E-state index in [4.69, 9.17) is 0 Å². The second kappa shape index (κ2) is 9.89. The number of hydrogen-bond acceptors (Lipinski definition) is 3. The molecule has 1 fully saturated rings. The van der Waals surface area contributed by atoms with Gasteiger partial charge in [-0.2, -0.15) is 0 Å². The SMILES string of the molecule is CC[C@@H](c1ccc(SC)cc1)N1CCNCC1.Cl.Cl. The molecule has 0 aromatic heterocycles. The molecular weight excluding hydrogens is 299 g/mol. The third-order valence-electron chi connectivity index (χ3n) is 3.48. The van der Waals surface area contributed by atoms with Crippen molar-refractivity contribution in [1.29, 1.82) is 0 Å². The van der Waals surface area contributed by atoms with Gasteiger partial charge in [0.2, 0.25) is 0 Å². The highest BCUT2D eigenvalue weighted by atomic mass is 35.5. The number of benzene rings is 1. The average molecular weight is 323 g/mol. The lowest BCUT2D eigenvalue weighted by Crippen LogP contribution is -2.45. The Morgan fingerprint density at radius 1 is 1.16 bits per heavy atom. The predicted molar refractivity (Wildman–Crippen MR) is 90.2 cm³/mol. The first kappa shape index (κ1) is 19.1. The molecule has 110 valence electrons. The van der Waals surface area contributed by atoms with Crippen LogP contribution in [0.5, 0.6) is 0 Å². The molecule has 1 atom stereocenters. The van der Waals surface area contributed by atoms with Gasteiger partial charge >= 0.3 is 0 Å². The minimum atomic E-state index is 0. The minimum absolute atomic E-state index is 0. The Morgan fingerprint density at radius 3 is 2.21 bits per heavy atom. The van der Waals surface area contributed by atoms with Crippen LogP contribution in [-0.4, -0.2) is 37.3 Å². The van der Waals surface area contributed by atoms with Gasteiger partial charge in [0.05, 0.1) is 0 Å². The quantitative estimate of drug-likeness (QED) is 0.852. The summed E-state index contributed by atoms with van der Waals surface area (Å²) >= 11 is 1.81. The van der Waals surface area contributed by atoms with Crippen LogP contribution in [0.15, 0.2) is 29.2 Å². The number of hydrogen-bond donors (Lipinski definition) is 1. The molecule has 1 heterocycles. The van der Waals surface area contributed by atoms with Gasteiger partial charge < -0.3 is 5.32 Å². The number of rotatable bonds is 4. The topological polar surface area (TPSA) is 15.3 Å². The molecular formula is C14H24Cl2N2S. The lowest BCUT2D eigenvalue weighted by atomic mass is 10.0. The van der Waals surface area contributed by atoms with Gasteiger partial charge in [0.1, 0.15) is 0 Å². The average Bonchev–Trinajstić information content (AvgIpc) is 2.42. The summed E-state index contributed by atoms with van der Waals surface area (Å²) in [6.07, 6.45) is 3.32. The van der Waals surface area contributed by atoms with E-state index in [1.807, 2.05) is 11.8 Å². The largest absolute Gasteiger partial charge is 0.314 e. The van der Waals surface area contributed by atoms with Crippen LogP contribution in [0.1, 0.15) is 24.9 Å². The molecule has 1 saturated heterocycles. The van der Waals surface area contributed by atoms with Crippen molar-refractivity contribution < 1.29 is 0 Å². The first-order chi connectivity index (χ1) is 8.35. The number of thioether (sulfide) groups is 1. The van der Waals surface area contributed by atoms with E-state index in [9.17, 15) is 0 Å². The molecule has 19 heavy (non-hydrogen) atoms. The van der Waals surface area contributed by atoms with Gasteiger partial charge in [-0.25, -0.2) is 0 Å². The number of nitrogens with zero attached hydrogens (tertiary/aromatic N) is 1. The summed E-state index contributed by atoms with van der Waals surface area (Å²) in [6.45, 7) is 6.87. The van der Waals surface area contributed by atoms with Gasteiger partial charge in [0.15, 0.2) is 0 Å². The number of piperazine rings is 1. The highest BCUT2D eigenvalue weighted by Gasteiger charge is 2.20. The van der Waals surface area contributed by atoms with Crippen molar-refractivity contribution in [3.05, 3.63) is 29.8 Å². The van der Waals surface area contributed by atoms with Crippen molar-refractivity contribution in [1.82, 2.24) is 10.2 Å². The third-order valence-corrected chi connectivity index (χ3v) is 4.22. The minimum Gasteiger partial charge on any atom is -0.314 e. The number of halogens is 2. The van der Waals surface area contributed by atoms with Crippen LogP contribution in [-0.2, 0) is 0 Å². The number of nitrogens with one attached hydrogen (secondary N) is 1. The highest BCUT2D eigenvalue weighted by molar-refractivity contribution is 7.98. The van der Waals surface area contributed by atoms with Crippen LogP contribution in [0.3, 0.4) is 0 Å². The second-order valence-electron chi connectivity index (χ2n) is 4.48. The van der Waals surface area contributed by atoms with Crippen LogP contribution >= 0.6 is 36.6 Å². The maximum atomic E-state index is 3.42. The molecule has 1 aromatic carbocycles. The van der Waals surface area contributed by atoms with E-state index in [-0.39, 0.29) is 24.8 Å². The predicted octanol–water partition coefficient (Wildman–Crippen LogP) is 3.61. The lowest BCUT2D eigenvalue weighted by molar-refractivity contribution is 0.169. The van der Waals surface area contributed by atoms with Gasteiger partial charge in [-0.05, 0) is 30.4 Å². The summed E-state index contributed by atoms with van der Waals surface area (Å²) < 4.78 is 0. The van der Waals surface area contributed by atoms with E-state index in [1.165, 1.54) is 30.0 Å². The molecule has 1 aliphatic heterocycles. The van der Waals surface area contributed by atoms with Crippen LogP contribution in [0.2, 0.25) is 0 Å². The van der Waals surface area contributed by atoms with Crippen molar-refractivity contribution >= 4 is 36.6 Å². The van der Waals surface area contributed by atoms with Gasteiger partial charge in [-0.15, -0.1) is 36.6 Å². The van der Waals surface area contributed by atoms with E-state index < -0.39 is 0 Å². The Bertz CT molecular complexity index is 340. The molecule has 1 aromatic rings. The molecule has 1 aliphatic rings. The molecule has 0 unspecified atom stereocenters. The molecule has 0 saturated carbocycles. The third kappa shape index (κ3) is 5.16. The van der Waals surface area contributed by atoms with E-state index in [0.717, 1.165) is 13.1 Å². The van der Waals surface area contributed by atoms with Gasteiger partial charge in [0, 0.05) is 37.1 Å². The van der Waals surface area contributed by atoms with Crippen molar-refractivity contribution in [2.75, 3.05) is 32.4 Å². The summed E-state index contributed by atoms with van der Waals surface area (Å²) in [6, 6.07) is 9.66. The summed E-state index contributed by atoms with van der Waals surface area (Å²) in [5.41, 5.74) is 1.47. The maximum Gasteiger partial charge on any atom is 0.0346 e. The van der Waals surface area contributed by atoms with E-state index in [0.29, 0.717) is 6.04 Å². The van der Waals surface area contributed by atoms with Crippen molar-refractivity contribution in [2.45, 2.75) is 24.3 Å². The van der Waals surface area contributed by atoms with Crippen molar-refractivity contribution in [3.63, 3.8) is 0 Å². The lowest BCUT2D eigenvalue weighted by Gasteiger charge is -2.34. The molecule has 0 bridgehead atoms. The van der Waals surface area contributed by atoms with Crippen LogP contribution < -0.4 is 5.32 Å². The molecule has 0 amide bonds. The summed E-state index contributed by atoms with van der Waals surface area (Å²) in [5.74, 6) is 0. The normalized spacial score (nSPS) is 17.2. The summed E-state index contributed by atoms with van der Waals surface area (Å²) in [5, 5.41) is 3.42. The fourth-order valence-corrected chi connectivity index (χ4v) is 2.93. The van der Waals surface area contributed by atoms with Gasteiger partial charge in [-0.3, -0.25) is 4.90 Å². The summed E-state index contributed by atoms with van der Waals surface area (Å²) in [4.78, 5) is 3.95. The monoisotopic (exact) mass is 322 g/mol. The van der Waals surface area contributed by atoms with Crippen LogP contribution in [0.25, 0.3) is 0 Å². The van der Waals surface area contributed by atoms with Crippen molar-refractivity contribution in [3.8, 4) is 0 Å². The first-order valence-corrected chi connectivity index (χ1v) is 7.66. The zero-order valence-corrected chi connectivity index (χ0v) is 14.0. The molecule has 1 N–H and O–H groups in total. The highest BCUT2D eigenvalue weighted by Crippen LogP contribution is 2.26. The fourth-order valence-electron chi connectivity index (χ4n) is 2.52. The Balaban J connectivity index is 0.00000162. The molecule has 0 radical (unpaired) electrons. The Morgan fingerprint density at radius 2 is 1.74 bits per heavy atom. The van der Waals surface area contributed by atoms with Crippen LogP contribution in [0, 0.1) is 0 Å². The van der Waals surface area contributed by atoms with E-state index in [1.54, 1.807) is 0 Å². The Hall–Kier alpha value is 0.0700. The molecule has 5 heteroatoms. The summed E-state index contributed by atoms with van der Waals surface area (Å²) in [7, 11) is 0. The Labute approximate surface area is 133 Å². The van der Waals surface area contributed by atoms with E-state index in [2.05, 4.69) is 47.7 Å². The van der Waals surface area contributed by atoms with Crippen molar-refractivity contribution in [2.24, 2.45) is 0 Å². The zero-order valence-electron chi connectivity index (χ0n) is 11.6. The van der Waals surface area contributed by atoms with E-state index >= 15 is 0 Å². The fraction of sp³-hybridized carbons (Fsp3) is 0.571. The standard InChI is InChI=1S/C14H22N2S.2ClH/c1-3-14(16-10-8-15-9-11-16)12-4-6-13(17-2)7-5-12;;/h4-7,14-15H,3,8-11H2,1-2H3;2*1H/t14-;;/m0../s1. The molecule has 0 spiro atoms. The van der Waals surface area contributed by atoms with Crippen LogP contribution in [0.4, 0.5) is 0 Å². The Kier molecular flexibility index (Phi) is 9.93. The zero-order chi connectivity index (χ0) is 12.1. The molecule has 2 rings (SSSR count). The van der Waals surface area contributed by atoms with Gasteiger partial charge in [0.25, 0.3) is 0 Å². The maximum absolute atomic E-state index is 3.42. The molecule has 0 aliphatic carbocycles.